The van der Waals surface area contributed by atoms with Crippen molar-refractivity contribution in [3.05, 3.63) is 41.3 Å². The Bertz CT molecular complexity index is 741. The summed E-state index contributed by atoms with van der Waals surface area (Å²) in [5.41, 5.74) is -0.101. The van der Waals surface area contributed by atoms with Crippen LogP contribution in [-0.2, 0) is 16.6 Å². The number of nitrogens with zero attached hydrogens (tertiary/aromatic N) is 1. The molecule has 3 rings (SSSR count). The van der Waals surface area contributed by atoms with Gasteiger partial charge >= 0.3 is 0 Å². The first kappa shape index (κ1) is 14.4. The molecule has 0 spiro atoms. The second-order valence-electron chi connectivity index (χ2n) is 4.84. The van der Waals surface area contributed by atoms with Gasteiger partial charge in [-0.05, 0) is 31.0 Å². The van der Waals surface area contributed by atoms with Crippen LogP contribution in [0.4, 0.5) is 10.1 Å². The van der Waals surface area contributed by atoms with Crippen LogP contribution >= 0.6 is 11.3 Å². The fraction of sp³-hybridized carbons (Fsp3) is 0.308. The van der Waals surface area contributed by atoms with Crippen molar-refractivity contribution in [2.75, 3.05) is 4.72 Å². The van der Waals surface area contributed by atoms with Gasteiger partial charge in [0.1, 0.15) is 4.21 Å². The Balaban J connectivity index is 1.73. The average Bonchev–Trinajstić information content (AvgIpc) is 3.15. The largest absolute Gasteiger partial charge is 0.309 e. The van der Waals surface area contributed by atoms with Crippen LogP contribution in [0.3, 0.4) is 0 Å². The number of aromatic nitrogens is 1. The zero-order valence-electron chi connectivity index (χ0n) is 11.0. The quantitative estimate of drug-likeness (QED) is 0.854. The second-order valence-corrected chi connectivity index (χ2v) is 7.91. The smallest absolute Gasteiger partial charge is 0.271 e. The molecule has 0 unspecified atom stereocenters. The first-order valence-electron chi connectivity index (χ1n) is 6.49. The molecule has 2 aromatic rings. The van der Waals surface area contributed by atoms with E-state index >= 15 is 0 Å². The van der Waals surface area contributed by atoms with Crippen LogP contribution < -0.4 is 10.0 Å². The van der Waals surface area contributed by atoms with Crippen LogP contribution in [0.5, 0.6) is 0 Å². The number of hydrogen-bond donors (Lipinski definition) is 2. The van der Waals surface area contributed by atoms with E-state index in [0.717, 1.165) is 11.1 Å². The molecular formula is C13H14FN3O2S2. The fourth-order valence-corrected chi connectivity index (χ4v) is 4.16. The highest BCUT2D eigenvalue weighted by atomic mass is 32.2. The monoisotopic (exact) mass is 327 g/mol. The number of sulfonamides is 1. The lowest BCUT2D eigenvalue weighted by Crippen LogP contribution is -2.14. The van der Waals surface area contributed by atoms with Crippen LogP contribution in [0.15, 0.2) is 34.8 Å². The van der Waals surface area contributed by atoms with E-state index in [9.17, 15) is 12.8 Å². The van der Waals surface area contributed by atoms with E-state index in [2.05, 4.69) is 15.0 Å². The molecule has 0 bridgehead atoms. The van der Waals surface area contributed by atoms with E-state index in [-0.39, 0.29) is 9.90 Å². The van der Waals surface area contributed by atoms with Crippen LogP contribution in [0.25, 0.3) is 0 Å². The maximum atomic E-state index is 13.5. The van der Waals surface area contributed by atoms with Gasteiger partial charge in [-0.2, -0.15) is 0 Å². The summed E-state index contributed by atoms with van der Waals surface area (Å²) in [6.07, 6.45) is 4.66. The summed E-state index contributed by atoms with van der Waals surface area (Å²) in [7, 11) is -3.76. The van der Waals surface area contributed by atoms with Gasteiger partial charge in [-0.15, -0.1) is 11.3 Å². The van der Waals surface area contributed by atoms with E-state index in [0.29, 0.717) is 12.6 Å². The third kappa shape index (κ3) is 3.58. The fourth-order valence-electron chi connectivity index (χ4n) is 1.78. The minimum absolute atomic E-state index is 0.101. The van der Waals surface area contributed by atoms with Crippen molar-refractivity contribution in [3.63, 3.8) is 0 Å². The van der Waals surface area contributed by atoms with Crippen molar-refractivity contribution in [2.24, 2.45) is 0 Å². The molecule has 0 aliphatic heterocycles. The summed E-state index contributed by atoms with van der Waals surface area (Å²) in [5.74, 6) is -0.701. The third-order valence-corrected chi connectivity index (χ3v) is 6.00. The van der Waals surface area contributed by atoms with Crippen molar-refractivity contribution >= 4 is 27.0 Å². The second kappa shape index (κ2) is 5.70. The predicted molar refractivity (Wildman–Crippen MR) is 79.2 cm³/mol. The van der Waals surface area contributed by atoms with Crippen molar-refractivity contribution in [1.82, 2.24) is 10.3 Å². The number of pyridine rings is 1. The molecule has 1 saturated carbocycles. The average molecular weight is 327 g/mol. The molecule has 0 saturated heterocycles. The summed E-state index contributed by atoms with van der Waals surface area (Å²) < 4.78 is 40.3. The van der Waals surface area contributed by atoms with Gasteiger partial charge in [-0.25, -0.2) is 12.8 Å². The van der Waals surface area contributed by atoms with E-state index in [1.54, 1.807) is 6.07 Å². The Morgan fingerprint density at radius 3 is 2.86 bits per heavy atom. The molecule has 112 valence electrons. The van der Waals surface area contributed by atoms with Crippen LogP contribution in [0, 0.1) is 5.82 Å². The summed E-state index contributed by atoms with van der Waals surface area (Å²) in [4.78, 5) is 4.53. The van der Waals surface area contributed by atoms with Gasteiger partial charge in [-0.1, -0.05) is 0 Å². The molecule has 5 nitrogen and oxygen atoms in total. The van der Waals surface area contributed by atoms with Crippen LogP contribution in [0.2, 0.25) is 0 Å². The van der Waals surface area contributed by atoms with Gasteiger partial charge in [0.15, 0.2) is 5.82 Å². The molecule has 2 N–H and O–H groups in total. The Kier molecular flexibility index (Phi) is 3.92. The lowest BCUT2D eigenvalue weighted by molar-refractivity contribution is 0.599. The Labute approximate surface area is 126 Å². The van der Waals surface area contributed by atoms with E-state index in [1.807, 2.05) is 0 Å². The zero-order chi connectivity index (χ0) is 14.9. The highest BCUT2D eigenvalue weighted by Gasteiger charge is 2.22. The van der Waals surface area contributed by atoms with Crippen molar-refractivity contribution in [2.45, 2.75) is 29.6 Å². The molecule has 8 heteroatoms. The molecule has 2 heterocycles. The SMILES string of the molecule is O=S(=O)(Nc1ccncc1F)c1ccc(CNC2CC2)s1. The molecule has 0 aromatic carbocycles. The number of nitrogens with one attached hydrogen (secondary N) is 2. The Hall–Kier alpha value is -1.51. The molecule has 1 aliphatic carbocycles. The first-order valence-corrected chi connectivity index (χ1v) is 8.79. The number of hydrogen-bond acceptors (Lipinski definition) is 5. The molecule has 21 heavy (non-hydrogen) atoms. The molecular weight excluding hydrogens is 313 g/mol. The van der Waals surface area contributed by atoms with Gasteiger partial charge in [-0.3, -0.25) is 9.71 Å². The lowest BCUT2D eigenvalue weighted by Gasteiger charge is -2.06. The Morgan fingerprint density at radius 2 is 2.14 bits per heavy atom. The maximum absolute atomic E-state index is 13.5. The third-order valence-electron chi connectivity index (χ3n) is 3.06. The summed E-state index contributed by atoms with van der Waals surface area (Å²) in [6.45, 7) is 0.661. The molecule has 0 amide bonds. The molecule has 1 fully saturated rings. The molecule has 1 aliphatic rings. The van der Waals surface area contributed by atoms with E-state index in [4.69, 9.17) is 0 Å². The van der Waals surface area contributed by atoms with Gasteiger partial charge < -0.3 is 5.32 Å². The van der Waals surface area contributed by atoms with E-state index < -0.39 is 15.8 Å². The highest BCUT2D eigenvalue weighted by molar-refractivity contribution is 7.94. The van der Waals surface area contributed by atoms with Crippen LogP contribution in [-0.4, -0.2) is 19.4 Å². The maximum Gasteiger partial charge on any atom is 0.271 e. The lowest BCUT2D eigenvalue weighted by atomic mass is 10.4. The first-order chi connectivity index (χ1) is 10.0. The van der Waals surface area contributed by atoms with Gasteiger partial charge in [0, 0.05) is 23.7 Å². The summed E-state index contributed by atoms with van der Waals surface area (Å²) in [6, 6.07) is 5.17. The zero-order valence-corrected chi connectivity index (χ0v) is 12.7. The van der Waals surface area contributed by atoms with E-state index in [1.165, 1.54) is 42.5 Å². The minimum atomic E-state index is -3.76. The van der Waals surface area contributed by atoms with Crippen molar-refractivity contribution in [3.8, 4) is 0 Å². The number of halogens is 1. The predicted octanol–water partition coefficient (Wildman–Crippen LogP) is 2.33. The van der Waals surface area contributed by atoms with Crippen LogP contribution in [0.1, 0.15) is 17.7 Å². The van der Waals surface area contributed by atoms with Gasteiger partial charge in [0.2, 0.25) is 0 Å². The number of thiophene rings is 1. The molecule has 2 aromatic heterocycles. The minimum Gasteiger partial charge on any atom is -0.309 e. The standard InChI is InChI=1S/C13H14FN3O2S2/c14-11-8-15-6-5-12(11)17-21(18,19)13-4-3-10(20-13)7-16-9-1-2-9/h3-6,8-9,16H,1-2,7H2,(H,15,17). The summed E-state index contributed by atoms with van der Waals surface area (Å²) >= 11 is 1.18. The molecule has 0 atom stereocenters. The highest BCUT2D eigenvalue weighted by Crippen LogP contribution is 2.26. The number of rotatable bonds is 6. The molecule has 0 radical (unpaired) electrons. The summed E-state index contributed by atoms with van der Waals surface area (Å²) in [5, 5.41) is 3.32. The topological polar surface area (TPSA) is 71.1 Å². The van der Waals surface area contributed by atoms with Gasteiger partial charge in [0.25, 0.3) is 10.0 Å². The Morgan fingerprint density at radius 1 is 1.33 bits per heavy atom. The van der Waals surface area contributed by atoms with Crippen molar-refractivity contribution < 1.29 is 12.8 Å². The van der Waals surface area contributed by atoms with Crippen molar-refractivity contribution in [1.29, 1.82) is 0 Å². The van der Waals surface area contributed by atoms with Gasteiger partial charge in [0.05, 0.1) is 11.9 Å². The normalized spacial score (nSPS) is 15.1. The number of anilines is 1.